The molecule has 1 atom stereocenters. The summed E-state index contributed by atoms with van der Waals surface area (Å²) < 4.78 is 0. The second-order valence-corrected chi connectivity index (χ2v) is 5.16. The van der Waals surface area contributed by atoms with Crippen molar-refractivity contribution in [3.05, 3.63) is 35.1 Å². The third-order valence-corrected chi connectivity index (χ3v) is 3.58. The Hall–Kier alpha value is -1.26. The number of nitrogens with two attached hydrogens (primary N) is 1. The fraction of sp³-hybridized carbons (Fsp3) is 0.385. The maximum absolute atomic E-state index is 5.58. The molecule has 0 aliphatic rings. The number of rotatable bonds is 4. The minimum Gasteiger partial charge on any atom is -0.330 e. The number of aromatic nitrogens is 2. The lowest BCUT2D eigenvalue weighted by molar-refractivity contribution is 0.645. The molecular formula is C13H17N3S. The minimum atomic E-state index is 0.318. The minimum absolute atomic E-state index is 0.318. The summed E-state index contributed by atoms with van der Waals surface area (Å²) in [5, 5.41) is 2.07. The lowest BCUT2D eigenvalue weighted by atomic mass is 10.1. The largest absolute Gasteiger partial charge is 0.330 e. The van der Waals surface area contributed by atoms with Gasteiger partial charge in [0.1, 0.15) is 5.82 Å². The van der Waals surface area contributed by atoms with Gasteiger partial charge in [0, 0.05) is 11.6 Å². The summed E-state index contributed by atoms with van der Waals surface area (Å²) in [5.74, 6) is 1.22. The Morgan fingerprint density at radius 1 is 1.41 bits per heavy atom. The first-order valence-corrected chi connectivity index (χ1v) is 6.68. The summed E-state index contributed by atoms with van der Waals surface area (Å²) in [7, 11) is 0. The highest BCUT2D eigenvalue weighted by Gasteiger charge is 2.11. The first-order valence-electron chi connectivity index (χ1n) is 5.80. The van der Waals surface area contributed by atoms with Crippen molar-refractivity contribution in [1.82, 2.24) is 9.97 Å². The zero-order valence-electron chi connectivity index (χ0n) is 10.2. The van der Waals surface area contributed by atoms with Gasteiger partial charge in [-0.05, 0) is 37.4 Å². The molecule has 90 valence electrons. The molecule has 2 aromatic heterocycles. The molecule has 0 amide bonds. The van der Waals surface area contributed by atoms with Gasteiger partial charge in [0.05, 0.1) is 10.6 Å². The molecule has 0 bridgehead atoms. The average Bonchev–Trinajstić information content (AvgIpc) is 2.82. The number of aryl methyl sites for hydroxylation is 1. The Morgan fingerprint density at radius 2 is 2.24 bits per heavy atom. The van der Waals surface area contributed by atoms with Crippen LogP contribution in [0.15, 0.2) is 23.6 Å². The monoisotopic (exact) mass is 247 g/mol. The number of nitrogens with zero attached hydrogens (tertiary/aromatic N) is 2. The van der Waals surface area contributed by atoms with E-state index in [2.05, 4.69) is 28.3 Å². The highest BCUT2D eigenvalue weighted by molar-refractivity contribution is 7.13. The molecule has 0 saturated carbocycles. The molecule has 0 fully saturated rings. The van der Waals surface area contributed by atoms with Gasteiger partial charge in [-0.2, -0.15) is 0 Å². The molecule has 0 aliphatic carbocycles. The van der Waals surface area contributed by atoms with Crippen molar-refractivity contribution >= 4 is 11.3 Å². The second kappa shape index (κ2) is 5.38. The summed E-state index contributed by atoms with van der Waals surface area (Å²) >= 11 is 1.70. The normalized spacial score (nSPS) is 12.6. The smallest absolute Gasteiger partial charge is 0.132 e. The fourth-order valence-electron chi connectivity index (χ4n) is 1.74. The maximum Gasteiger partial charge on any atom is 0.132 e. The number of thiophene rings is 1. The third kappa shape index (κ3) is 2.90. The quantitative estimate of drug-likeness (QED) is 0.903. The van der Waals surface area contributed by atoms with Gasteiger partial charge in [0.15, 0.2) is 0 Å². The second-order valence-electron chi connectivity index (χ2n) is 4.21. The van der Waals surface area contributed by atoms with Crippen LogP contribution < -0.4 is 5.73 Å². The number of hydrogen-bond donors (Lipinski definition) is 1. The highest BCUT2D eigenvalue weighted by Crippen LogP contribution is 2.25. The van der Waals surface area contributed by atoms with Crippen LogP contribution >= 0.6 is 11.3 Å². The Morgan fingerprint density at radius 3 is 2.88 bits per heavy atom. The van der Waals surface area contributed by atoms with E-state index in [0.717, 1.165) is 23.6 Å². The van der Waals surface area contributed by atoms with Crippen LogP contribution in [0.2, 0.25) is 0 Å². The molecule has 17 heavy (non-hydrogen) atoms. The van der Waals surface area contributed by atoms with Crippen molar-refractivity contribution in [2.24, 2.45) is 5.73 Å². The maximum atomic E-state index is 5.58. The molecular weight excluding hydrogens is 230 g/mol. The van der Waals surface area contributed by atoms with Crippen LogP contribution in [-0.4, -0.2) is 16.5 Å². The van der Waals surface area contributed by atoms with Crippen molar-refractivity contribution in [2.75, 3.05) is 6.54 Å². The van der Waals surface area contributed by atoms with Crippen molar-refractivity contribution in [3.8, 4) is 10.6 Å². The molecule has 1 unspecified atom stereocenters. The van der Waals surface area contributed by atoms with E-state index in [9.17, 15) is 0 Å². The van der Waals surface area contributed by atoms with Gasteiger partial charge < -0.3 is 5.73 Å². The molecule has 2 rings (SSSR count). The van der Waals surface area contributed by atoms with E-state index in [1.54, 1.807) is 11.3 Å². The summed E-state index contributed by atoms with van der Waals surface area (Å²) in [5.41, 5.74) is 7.62. The SMILES string of the molecule is Cc1cc(-c2cccs2)nc(C(C)CCN)n1. The molecule has 4 heteroatoms. The molecule has 0 radical (unpaired) electrons. The summed E-state index contributed by atoms with van der Waals surface area (Å²) in [6, 6.07) is 6.16. The molecule has 0 aromatic carbocycles. The Bertz CT molecular complexity index is 479. The van der Waals surface area contributed by atoms with Gasteiger partial charge in [-0.3, -0.25) is 0 Å². The van der Waals surface area contributed by atoms with Crippen molar-refractivity contribution in [2.45, 2.75) is 26.2 Å². The molecule has 0 spiro atoms. The van der Waals surface area contributed by atoms with Crippen molar-refractivity contribution in [1.29, 1.82) is 0 Å². The lowest BCUT2D eigenvalue weighted by Crippen LogP contribution is -2.08. The van der Waals surface area contributed by atoms with Crippen LogP contribution in [0.1, 0.15) is 30.8 Å². The van der Waals surface area contributed by atoms with Gasteiger partial charge in [-0.25, -0.2) is 9.97 Å². The van der Waals surface area contributed by atoms with Crippen LogP contribution in [0.4, 0.5) is 0 Å². The summed E-state index contributed by atoms with van der Waals surface area (Å²) in [6.45, 7) is 4.81. The van der Waals surface area contributed by atoms with Crippen LogP contribution in [0.25, 0.3) is 10.6 Å². The van der Waals surface area contributed by atoms with E-state index in [-0.39, 0.29) is 0 Å². The summed E-state index contributed by atoms with van der Waals surface area (Å²) in [6.07, 6.45) is 0.924. The zero-order chi connectivity index (χ0) is 12.3. The lowest BCUT2D eigenvalue weighted by Gasteiger charge is -2.10. The average molecular weight is 247 g/mol. The summed E-state index contributed by atoms with van der Waals surface area (Å²) in [4.78, 5) is 10.3. The van der Waals surface area contributed by atoms with Gasteiger partial charge in [0.2, 0.25) is 0 Å². The fourth-order valence-corrected chi connectivity index (χ4v) is 2.43. The standard InChI is InChI=1S/C13H17N3S/c1-9(5-6-14)13-15-10(2)8-11(16-13)12-4-3-7-17-12/h3-4,7-9H,5-6,14H2,1-2H3. The Balaban J connectivity index is 2.36. The van der Waals surface area contributed by atoms with Crippen LogP contribution in [0.3, 0.4) is 0 Å². The Labute approximate surface area is 106 Å². The molecule has 2 aromatic rings. The van der Waals surface area contributed by atoms with E-state index in [1.807, 2.05) is 19.1 Å². The van der Waals surface area contributed by atoms with E-state index in [0.29, 0.717) is 12.5 Å². The topological polar surface area (TPSA) is 51.8 Å². The Kier molecular flexibility index (Phi) is 3.86. The van der Waals surface area contributed by atoms with Crippen LogP contribution in [0.5, 0.6) is 0 Å². The predicted octanol–water partition coefficient (Wildman–Crippen LogP) is 2.97. The molecule has 0 saturated heterocycles. The van der Waals surface area contributed by atoms with E-state index in [4.69, 9.17) is 5.73 Å². The molecule has 0 aliphatic heterocycles. The van der Waals surface area contributed by atoms with E-state index in [1.165, 1.54) is 4.88 Å². The third-order valence-electron chi connectivity index (χ3n) is 2.69. The predicted molar refractivity (Wildman–Crippen MR) is 72.2 cm³/mol. The number of hydrogen-bond acceptors (Lipinski definition) is 4. The van der Waals surface area contributed by atoms with Crippen molar-refractivity contribution < 1.29 is 0 Å². The molecule has 3 nitrogen and oxygen atoms in total. The van der Waals surface area contributed by atoms with E-state index < -0.39 is 0 Å². The molecule has 2 heterocycles. The van der Waals surface area contributed by atoms with E-state index >= 15 is 0 Å². The van der Waals surface area contributed by atoms with Gasteiger partial charge in [-0.15, -0.1) is 11.3 Å². The first-order chi connectivity index (χ1) is 8.20. The van der Waals surface area contributed by atoms with Crippen LogP contribution in [0, 0.1) is 6.92 Å². The first kappa shape index (κ1) is 12.2. The molecule has 2 N–H and O–H groups in total. The van der Waals surface area contributed by atoms with Gasteiger partial charge in [-0.1, -0.05) is 13.0 Å². The van der Waals surface area contributed by atoms with Crippen LogP contribution in [-0.2, 0) is 0 Å². The highest BCUT2D eigenvalue weighted by atomic mass is 32.1. The zero-order valence-corrected chi connectivity index (χ0v) is 11.0. The van der Waals surface area contributed by atoms with Gasteiger partial charge >= 0.3 is 0 Å². The van der Waals surface area contributed by atoms with Crippen molar-refractivity contribution in [3.63, 3.8) is 0 Å². The van der Waals surface area contributed by atoms with Gasteiger partial charge in [0.25, 0.3) is 0 Å².